The molecule has 0 saturated heterocycles. The molecule has 1 atom stereocenters. The Morgan fingerprint density at radius 2 is 2.24 bits per heavy atom. The van der Waals surface area contributed by atoms with Crippen molar-refractivity contribution in [1.82, 2.24) is 15.0 Å². The molecule has 0 N–H and O–H groups in total. The molecule has 4 nitrogen and oxygen atoms in total. The molecule has 1 unspecified atom stereocenters. The van der Waals surface area contributed by atoms with E-state index in [1.165, 1.54) is 0 Å². The number of fused-ring (bicyclic) bond motifs is 1. The van der Waals surface area contributed by atoms with Crippen molar-refractivity contribution in [1.29, 1.82) is 0 Å². The van der Waals surface area contributed by atoms with E-state index in [0.717, 1.165) is 26.9 Å². The molecule has 2 aromatic heterocycles. The summed E-state index contributed by atoms with van der Waals surface area (Å²) in [6, 6.07) is 0.466. The van der Waals surface area contributed by atoms with E-state index in [0.29, 0.717) is 6.04 Å². The van der Waals surface area contributed by atoms with Crippen LogP contribution in [0.3, 0.4) is 0 Å². The van der Waals surface area contributed by atoms with Gasteiger partial charge in [-0.15, -0.1) is 11.3 Å². The quantitative estimate of drug-likeness (QED) is 0.797. The molecular weight excluding hydrogens is 252 g/mol. The van der Waals surface area contributed by atoms with Crippen LogP contribution < -0.4 is 4.90 Å². The number of aromatic nitrogens is 3. The summed E-state index contributed by atoms with van der Waals surface area (Å²) in [5, 5.41) is 0. The van der Waals surface area contributed by atoms with Gasteiger partial charge in [0.2, 0.25) is 0 Å². The molecule has 0 aliphatic rings. The minimum absolute atomic E-state index is 0.466. The van der Waals surface area contributed by atoms with Crippen LogP contribution in [-0.4, -0.2) is 34.3 Å². The molecule has 0 saturated carbocycles. The largest absolute Gasteiger partial charge is 0.356 e. The smallest absolute Gasteiger partial charge is 0.176 e. The van der Waals surface area contributed by atoms with Crippen molar-refractivity contribution in [2.75, 3.05) is 18.2 Å². The van der Waals surface area contributed by atoms with E-state index in [-0.39, 0.29) is 0 Å². The van der Waals surface area contributed by atoms with Gasteiger partial charge in [-0.1, -0.05) is 18.7 Å². The van der Waals surface area contributed by atoms with Crippen LogP contribution >= 0.6 is 23.1 Å². The van der Waals surface area contributed by atoms with Crippen LogP contribution in [0.2, 0.25) is 0 Å². The summed E-state index contributed by atoms with van der Waals surface area (Å²) >= 11 is 3.32. The predicted octanol–water partition coefficient (Wildman–Crippen LogP) is 3.04. The van der Waals surface area contributed by atoms with Gasteiger partial charge in [0.15, 0.2) is 15.8 Å². The number of rotatable bonds is 4. The van der Waals surface area contributed by atoms with Gasteiger partial charge in [0.05, 0.1) is 0 Å². The average molecular weight is 268 g/mol. The first-order valence-electron chi connectivity index (χ1n) is 5.55. The first-order chi connectivity index (χ1) is 8.17. The highest BCUT2D eigenvalue weighted by atomic mass is 32.2. The van der Waals surface area contributed by atoms with Crippen LogP contribution in [0.1, 0.15) is 20.3 Å². The maximum absolute atomic E-state index is 4.46. The van der Waals surface area contributed by atoms with Gasteiger partial charge < -0.3 is 4.90 Å². The van der Waals surface area contributed by atoms with Crippen LogP contribution in [-0.2, 0) is 0 Å². The van der Waals surface area contributed by atoms with Crippen LogP contribution in [0, 0.1) is 0 Å². The van der Waals surface area contributed by atoms with Crippen LogP contribution in [0.15, 0.2) is 10.7 Å². The highest BCUT2D eigenvalue weighted by molar-refractivity contribution is 8.00. The second-order valence-corrected chi connectivity index (χ2v) is 5.95. The van der Waals surface area contributed by atoms with E-state index in [1.807, 2.05) is 6.26 Å². The van der Waals surface area contributed by atoms with Crippen molar-refractivity contribution in [3.05, 3.63) is 6.33 Å². The number of thioether (sulfide) groups is 1. The van der Waals surface area contributed by atoms with Crippen LogP contribution in [0.25, 0.3) is 10.3 Å². The second kappa shape index (κ2) is 5.18. The Balaban J connectivity index is 2.49. The summed E-state index contributed by atoms with van der Waals surface area (Å²) in [5.74, 6) is 0.988. The minimum Gasteiger partial charge on any atom is -0.356 e. The van der Waals surface area contributed by atoms with Crippen molar-refractivity contribution in [3.8, 4) is 0 Å². The zero-order chi connectivity index (χ0) is 12.4. The third-order valence-corrected chi connectivity index (χ3v) is 4.94. The molecule has 0 fully saturated rings. The molecule has 17 heavy (non-hydrogen) atoms. The normalized spacial score (nSPS) is 12.9. The summed E-state index contributed by atoms with van der Waals surface area (Å²) in [6.07, 6.45) is 4.72. The fourth-order valence-corrected chi connectivity index (χ4v) is 3.09. The van der Waals surface area contributed by atoms with Gasteiger partial charge in [0.1, 0.15) is 11.0 Å². The fourth-order valence-electron chi connectivity index (χ4n) is 1.54. The summed E-state index contributed by atoms with van der Waals surface area (Å²) in [6.45, 7) is 4.38. The lowest BCUT2D eigenvalue weighted by Crippen LogP contribution is -2.28. The highest BCUT2D eigenvalue weighted by Gasteiger charge is 2.16. The summed E-state index contributed by atoms with van der Waals surface area (Å²) in [4.78, 5) is 15.3. The third kappa shape index (κ3) is 2.37. The summed E-state index contributed by atoms with van der Waals surface area (Å²) < 4.78 is 2.12. The van der Waals surface area contributed by atoms with E-state index in [2.05, 4.69) is 40.7 Å². The van der Waals surface area contributed by atoms with Gasteiger partial charge >= 0.3 is 0 Å². The lowest BCUT2D eigenvalue weighted by Gasteiger charge is -2.24. The zero-order valence-electron chi connectivity index (χ0n) is 10.5. The predicted molar refractivity (Wildman–Crippen MR) is 75.1 cm³/mol. The highest BCUT2D eigenvalue weighted by Crippen LogP contribution is 2.32. The van der Waals surface area contributed by atoms with Crippen LogP contribution in [0.5, 0.6) is 0 Å². The van der Waals surface area contributed by atoms with Crippen molar-refractivity contribution >= 4 is 39.3 Å². The van der Waals surface area contributed by atoms with Crippen molar-refractivity contribution in [2.24, 2.45) is 0 Å². The van der Waals surface area contributed by atoms with Gasteiger partial charge in [0, 0.05) is 13.1 Å². The fraction of sp³-hybridized carbons (Fsp3) is 0.545. The molecule has 2 heterocycles. The Kier molecular flexibility index (Phi) is 3.83. The van der Waals surface area contributed by atoms with Gasteiger partial charge in [-0.05, 0) is 19.6 Å². The van der Waals surface area contributed by atoms with Gasteiger partial charge in [-0.3, -0.25) is 0 Å². The van der Waals surface area contributed by atoms with E-state index >= 15 is 0 Å². The molecule has 0 aromatic carbocycles. The SMILES string of the molecule is CCC(C)N(C)c1ncnc2nc(SC)sc12. The maximum atomic E-state index is 4.46. The maximum Gasteiger partial charge on any atom is 0.176 e. The van der Waals surface area contributed by atoms with Crippen molar-refractivity contribution in [2.45, 2.75) is 30.6 Å². The molecule has 92 valence electrons. The Morgan fingerprint density at radius 1 is 1.47 bits per heavy atom. The third-order valence-electron chi connectivity index (χ3n) is 2.91. The Hall–Kier alpha value is -0.880. The van der Waals surface area contributed by atoms with E-state index in [1.54, 1.807) is 29.4 Å². The van der Waals surface area contributed by atoms with Crippen molar-refractivity contribution < 1.29 is 0 Å². The summed E-state index contributed by atoms with van der Waals surface area (Å²) in [5.41, 5.74) is 0.805. The minimum atomic E-state index is 0.466. The van der Waals surface area contributed by atoms with Crippen molar-refractivity contribution in [3.63, 3.8) is 0 Å². The van der Waals surface area contributed by atoms with E-state index in [9.17, 15) is 0 Å². The monoisotopic (exact) mass is 268 g/mol. The molecule has 0 radical (unpaired) electrons. The Morgan fingerprint density at radius 3 is 2.88 bits per heavy atom. The lowest BCUT2D eigenvalue weighted by molar-refractivity contribution is 0.659. The number of hydrogen-bond acceptors (Lipinski definition) is 6. The first-order valence-corrected chi connectivity index (χ1v) is 7.59. The second-order valence-electron chi connectivity index (χ2n) is 3.90. The Bertz CT molecular complexity index is 511. The van der Waals surface area contributed by atoms with E-state index < -0.39 is 0 Å². The summed E-state index contributed by atoms with van der Waals surface area (Å²) in [7, 11) is 2.08. The lowest BCUT2D eigenvalue weighted by atomic mass is 10.2. The molecule has 0 aliphatic carbocycles. The van der Waals surface area contributed by atoms with Gasteiger partial charge in [-0.25, -0.2) is 15.0 Å². The molecule has 6 heteroatoms. The van der Waals surface area contributed by atoms with Gasteiger partial charge in [-0.2, -0.15) is 0 Å². The number of anilines is 1. The number of hydrogen-bond donors (Lipinski definition) is 0. The zero-order valence-corrected chi connectivity index (χ0v) is 12.1. The molecule has 2 aromatic rings. The number of thiazole rings is 1. The Labute approximate surface area is 109 Å². The molecular formula is C11H16N4S2. The standard InChI is InChI=1S/C11H16N4S2/c1-5-7(2)15(3)10-8-9(12-6-13-10)14-11(16-4)17-8/h6-7H,5H2,1-4H3. The molecule has 0 amide bonds. The average Bonchev–Trinajstić information content (AvgIpc) is 2.79. The molecule has 0 aliphatic heterocycles. The molecule has 0 spiro atoms. The van der Waals surface area contributed by atoms with Crippen LogP contribution in [0.4, 0.5) is 5.82 Å². The number of nitrogens with zero attached hydrogens (tertiary/aromatic N) is 4. The molecule has 2 rings (SSSR count). The first kappa shape index (κ1) is 12.6. The topological polar surface area (TPSA) is 41.9 Å². The van der Waals surface area contributed by atoms with Gasteiger partial charge in [0.25, 0.3) is 0 Å². The molecule has 0 bridgehead atoms. The van der Waals surface area contributed by atoms with E-state index in [4.69, 9.17) is 0 Å².